The number of carboxylic acid groups (broad SMARTS) is 1. The first kappa shape index (κ1) is 12.4. The van der Waals surface area contributed by atoms with Gasteiger partial charge in [0, 0.05) is 11.1 Å². The quantitative estimate of drug-likeness (QED) is 0.848. The molecule has 0 aliphatic heterocycles. The van der Waals surface area contributed by atoms with Crippen LogP contribution in [0.3, 0.4) is 0 Å². The van der Waals surface area contributed by atoms with Gasteiger partial charge in [-0.2, -0.15) is 0 Å². The van der Waals surface area contributed by atoms with Gasteiger partial charge in [0.1, 0.15) is 6.04 Å². The molecule has 2 rings (SSSR count). The second kappa shape index (κ2) is 5.07. The third-order valence-electron chi connectivity index (χ3n) is 3.14. The van der Waals surface area contributed by atoms with Gasteiger partial charge in [0.15, 0.2) is 0 Å². The van der Waals surface area contributed by atoms with E-state index in [-0.39, 0.29) is 12.0 Å². The zero-order chi connectivity index (χ0) is 12.4. The van der Waals surface area contributed by atoms with Crippen LogP contribution >= 0.6 is 11.6 Å². The van der Waals surface area contributed by atoms with Crippen molar-refractivity contribution in [2.45, 2.75) is 31.8 Å². The van der Waals surface area contributed by atoms with Crippen molar-refractivity contribution in [3.8, 4) is 0 Å². The molecule has 3 nitrogen and oxygen atoms in total. The van der Waals surface area contributed by atoms with E-state index in [2.05, 4.69) is 5.32 Å². The van der Waals surface area contributed by atoms with Crippen molar-refractivity contribution in [3.05, 3.63) is 34.9 Å². The van der Waals surface area contributed by atoms with Crippen LogP contribution in [0.5, 0.6) is 0 Å². The molecule has 1 fully saturated rings. The molecule has 0 amide bonds. The van der Waals surface area contributed by atoms with E-state index in [0.29, 0.717) is 5.02 Å². The standard InChI is InChI=1S/C13H16ClNO2/c1-8(10-3-2-4-11(14)7-10)15-12(13(16)17)9-5-6-9/h2-4,7-9,12,15H,5-6H2,1H3,(H,16,17). The van der Waals surface area contributed by atoms with E-state index in [9.17, 15) is 4.79 Å². The molecule has 0 radical (unpaired) electrons. The molecule has 0 aromatic heterocycles. The minimum atomic E-state index is -0.763. The van der Waals surface area contributed by atoms with E-state index in [1.165, 1.54) is 0 Å². The summed E-state index contributed by atoms with van der Waals surface area (Å²) in [4.78, 5) is 11.1. The van der Waals surface area contributed by atoms with E-state index >= 15 is 0 Å². The molecule has 1 aromatic carbocycles. The van der Waals surface area contributed by atoms with Gasteiger partial charge in [-0.05, 0) is 43.4 Å². The monoisotopic (exact) mass is 253 g/mol. The fourth-order valence-corrected chi connectivity index (χ4v) is 2.18. The van der Waals surface area contributed by atoms with Crippen molar-refractivity contribution in [1.29, 1.82) is 0 Å². The second-order valence-electron chi connectivity index (χ2n) is 4.60. The molecular weight excluding hydrogens is 238 g/mol. The maximum Gasteiger partial charge on any atom is 0.320 e. The molecule has 1 aliphatic carbocycles. The van der Waals surface area contributed by atoms with Crippen LogP contribution in [0.2, 0.25) is 5.02 Å². The van der Waals surface area contributed by atoms with Gasteiger partial charge >= 0.3 is 5.97 Å². The van der Waals surface area contributed by atoms with Crippen molar-refractivity contribution in [1.82, 2.24) is 5.32 Å². The molecule has 92 valence electrons. The first-order valence-electron chi connectivity index (χ1n) is 5.82. The van der Waals surface area contributed by atoms with Crippen molar-refractivity contribution in [2.75, 3.05) is 0 Å². The van der Waals surface area contributed by atoms with Crippen LogP contribution in [0.4, 0.5) is 0 Å². The van der Waals surface area contributed by atoms with E-state index in [1.54, 1.807) is 0 Å². The topological polar surface area (TPSA) is 49.3 Å². The lowest BCUT2D eigenvalue weighted by atomic mass is 10.1. The number of hydrogen-bond donors (Lipinski definition) is 2. The van der Waals surface area contributed by atoms with Crippen LogP contribution in [0.15, 0.2) is 24.3 Å². The predicted molar refractivity (Wildman–Crippen MR) is 67.2 cm³/mol. The molecule has 1 aromatic rings. The Kier molecular flexibility index (Phi) is 3.69. The fraction of sp³-hybridized carbons (Fsp3) is 0.462. The highest BCUT2D eigenvalue weighted by Crippen LogP contribution is 2.34. The number of aliphatic carboxylic acids is 1. The Balaban J connectivity index is 2.04. The zero-order valence-electron chi connectivity index (χ0n) is 9.69. The van der Waals surface area contributed by atoms with Crippen LogP contribution in [-0.4, -0.2) is 17.1 Å². The van der Waals surface area contributed by atoms with Crippen LogP contribution < -0.4 is 5.32 Å². The Bertz CT molecular complexity index is 418. The average Bonchev–Trinajstić information content (AvgIpc) is 3.09. The Morgan fingerprint density at radius 1 is 1.53 bits per heavy atom. The molecule has 0 saturated heterocycles. The smallest absolute Gasteiger partial charge is 0.320 e. The van der Waals surface area contributed by atoms with Crippen LogP contribution in [0, 0.1) is 5.92 Å². The minimum Gasteiger partial charge on any atom is -0.480 e. The van der Waals surface area contributed by atoms with Crippen molar-refractivity contribution < 1.29 is 9.90 Å². The molecule has 1 saturated carbocycles. The van der Waals surface area contributed by atoms with Gasteiger partial charge in [0.2, 0.25) is 0 Å². The minimum absolute atomic E-state index is 0.00426. The Morgan fingerprint density at radius 3 is 2.76 bits per heavy atom. The zero-order valence-corrected chi connectivity index (χ0v) is 10.4. The second-order valence-corrected chi connectivity index (χ2v) is 5.03. The molecule has 2 atom stereocenters. The largest absolute Gasteiger partial charge is 0.480 e. The summed E-state index contributed by atoms with van der Waals surface area (Å²) < 4.78 is 0. The molecule has 2 N–H and O–H groups in total. The van der Waals surface area contributed by atoms with Gasteiger partial charge in [0.05, 0.1) is 0 Å². The molecule has 2 unspecified atom stereocenters. The number of hydrogen-bond acceptors (Lipinski definition) is 2. The van der Waals surface area contributed by atoms with Crippen LogP contribution in [0.1, 0.15) is 31.4 Å². The highest BCUT2D eigenvalue weighted by Gasteiger charge is 2.36. The summed E-state index contributed by atoms with van der Waals surface area (Å²) in [5, 5.41) is 13.0. The Labute approximate surface area is 106 Å². The molecule has 17 heavy (non-hydrogen) atoms. The number of halogens is 1. The summed E-state index contributed by atoms with van der Waals surface area (Å²) >= 11 is 5.92. The fourth-order valence-electron chi connectivity index (χ4n) is 1.98. The third kappa shape index (κ3) is 3.20. The van der Waals surface area contributed by atoms with Crippen molar-refractivity contribution >= 4 is 17.6 Å². The lowest BCUT2D eigenvalue weighted by molar-refractivity contribution is -0.140. The molecule has 0 bridgehead atoms. The number of carbonyl (C=O) groups is 1. The maximum absolute atomic E-state index is 11.1. The summed E-state index contributed by atoms with van der Waals surface area (Å²) in [6.45, 7) is 1.96. The first-order valence-corrected chi connectivity index (χ1v) is 6.20. The van der Waals surface area contributed by atoms with E-state index in [0.717, 1.165) is 18.4 Å². The van der Waals surface area contributed by atoms with Gasteiger partial charge in [-0.1, -0.05) is 23.7 Å². The van der Waals surface area contributed by atoms with Crippen molar-refractivity contribution in [3.63, 3.8) is 0 Å². The van der Waals surface area contributed by atoms with Gasteiger partial charge in [-0.3, -0.25) is 10.1 Å². The highest BCUT2D eigenvalue weighted by atomic mass is 35.5. The predicted octanol–water partition coefficient (Wildman–Crippen LogP) is 2.85. The first-order chi connectivity index (χ1) is 8.08. The summed E-state index contributed by atoms with van der Waals surface area (Å²) in [7, 11) is 0. The molecule has 4 heteroatoms. The summed E-state index contributed by atoms with van der Waals surface area (Å²) in [5.41, 5.74) is 1.02. The average molecular weight is 254 g/mol. The Morgan fingerprint density at radius 2 is 2.24 bits per heavy atom. The maximum atomic E-state index is 11.1. The van der Waals surface area contributed by atoms with E-state index < -0.39 is 12.0 Å². The molecule has 0 heterocycles. The van der Waals surface area contributed by atoms with Crippen LogP contribution in [-0.2, 0) is 4.79 Å². The number of rotatable bonds is 5. The number of nitrogens with one attached hydrogen (secondary N) is 1. The Hall–Kier alpha value is -1.06. The summed E-state index contributed by atoms with van der Waals surface area (Å²) in [6.07, 6.45) is 2.01. The number of carboxylic acids is 1. The third-order valence-corrected chi connectivity index (χ3v) is 3.37. The molecule has 0 spiro atoms. The van der Waals surface area contributed by atoms with Crippen molar-refractivity contribution in [2.24, 2.45) is 5.92 Å². The molecular formula is C13H16ClNO2. The van der Waals surface area contributed by atoms with Gasteiger partial charge < -0.3 is 5.11 Å². The SMILES string of the molecule is CC(NC(C(=O)O)C1CC1)c1cccc(Cl)c1. The summed E-state index contributed by atoms with van der Waals surface area (Å²) in [6, 6.07) is 7.07. The number of benzene rings is 1. The van der Waals surface area contributed by atoms with Gasteiger partial charge in [0.25, 0.3) is 0 Å². The van der Waals surface area contributed by atoms with E-state index in [4.69, 9.17) is 16.7 Å². The summed E-state index contributed by atoms with van der Waals surface area (Å²) in [5.74, 6) is -0.476. The van der Waals surface area contributed by atoms with E-state index in [1.807, 2.05) is 31.2 Å². The highest BCUT2D eigenvalue weighted by molar-refractivity contribution is 6.30. The lowest BCUT2D eigenvalue weighted by Crippen LogP contribution is -2.40. The van der Waals surface area contributed by atoms with Gasteiger partial charge in [-0.25, -0.2) is 0 Å². The lowest BCUT2D eigenvalue weighted by Gasteiger charge is -2.20. The van der Waals surface area contributed by atoms with Gasteiger partial charge in [-0.15, -0.1) is 0 Å². The van der Waals surface area contributed by atoms with Crippen LogP contribution in [0.25, 0.3) is 0 Å². The molecule has 1 aliphatic rings. The normalized spacial score (nSPS) is 18.7.